The Morgan fingerprint density at radius 2 is 1.78 bits per heavy atom. The van der Waals surface area contributed by atoms with E-state index < -0.39 is 0 Å². The fourth-order valence-corrected chi connectivity index (χ4v) is 5.70. The summed E-state index contributed by atoms with van der Waals surface area (Å²) < 4.78 is 9.52. The lowest BCUT2D eigenvalue weighted by Crippen LogP contribution is -2.23. The number of hydrogen-bond acceptors (Lipinski definition) is 6. The molecule has 10 heteroatoms. The summed E-state index contributed by atoms with van der Waals surface area (Å²) in [5, 5.41) is 10.3. The van der Waals surface area contributed by atoms with E-state index in [1.165, 1.54) is 15.9 Å². The number of para-hydroxylation sites is 1. The van der Waals surface area contributed by atoms with Crippen LogP contribution in [0.1, 0.15) is 25.8 Å². The highest BCUT2D eigenvalue weighted by molar-refractivity contribution is 7.15. The Morgan fingerprint density at radius 3 is 2.49 bits per heavy atom. The van der Waals surface area contributed by atoms with Gasteiger partial charge in [0.25, 0.3) is 5.56 Å². The maximum atomic E-state index is 13.4. The second-order valence-corrected chi connectivity index (χ2v) is 11.8. The summed E-state index contributed by atoms with van der Waals surface area (Å²) >= 11 is 13.6. The van der Waals surface area contributed by atoms with Crippen molar-refractivity contribution >= 4 is 45.6 Å². The zero-order valence-corrected chi connectivity index (χ0v) is 24.6. The summed E-state index contributed by atoms with van der Waals surface area (Å²) in [6, 6.07) is 22.8. The highest BCUT2D eigenvalue weighted by Crippen LogP contribution is 2.29. The molecule has 6 rings (SSSR count). The first-order valence-corrected chi connectivity index (χ1v) is 14.7. The minimum atomic E-state index is -0.263. The van der Waals surface area contributed by atoms with Gasteiger partial charge in [-0.3, -0.25) is 4.79 Å². The third-order valence-corrected chi connectivity index (χ3v) is 8.00. The Hall–Kier alpha value is -3.98. The summed E-state index contributed by atoms with van der Waals surface area (Å²) in [6.07, 6.45) is 4.76. The van der Waals surface area contributed by atoms with Crippen LogP contribution < -0.4 is 14.8 Å². The van der Waals surface area contributed by atoms with Crippen molar-refractivity contribution < 1.29 is 4.74 Å². The molecule has 0 saturated carbocycles. The SMILES string of the molecule is CC(C)CCOc1ccc(-c2nn(-c3ccccc3)cc2/C=c2\sc3nc(-c4ccc(Cl)cc4Cl)nn3c2=O)cc1. The summed E-state index contributed by atoms with van der Waals surface area (Å²) in [5.41, 5.74) is 3.71. The Bertz CT molecular complexity index is 1950. The Balaban J connectivity index is 1.39. The van der Waals surface area contributed by atoms with Crippen LogP contribution in [0.25, 0.3) is 39.4 Å². The number of rotatable bonds is 8. The topological polar surface area (TPSA) is 74.3 Å². The van der Waals surface area contributed by atoms with E-state index in [1.807, 2.05) is 71.6 Å². The van der Waals surface area contributed by atoms with Gasteiger partial charge in [0, 0.05) is 27.9 Å². The van der Waals surface area contributed by atoms with Crippen LogP contribution in [0.3, 0.4) is 0 Å². The van der Waals surface area contributed by atoms with E-state index in [2.05, 4.69) is 23.9 Å². The molecule has 0 aliphatic rings. The number of halogens is 2. The zero-order valence-electron chi connectivity index (χ0n) is 22.3. The summed E-state index contributed by atoms with van der Waals surface area (Å²) in [6.45, 7) is 5.03. The molecule has 0 aliphatic heterocycles. The highest BCUT2D eigenvalue weighted by atomic mass is 35.5. The van der Waals surface area contributed by atoms with E-state index >= 15 is 0 Å². The molecule has 0 atom stereocenters. The van der Waals surface area contributed by atoms with Gasteiger partial charge in [-0.2, -0.15) is 14.6 Å². The van der Waals surface area contributed by atoms with Crippen LogP contribution in [0.5, 0.6) is 5.75 Å². The second kappa shape index (κ2) is 11.5. The van der Waals surface area contributed by atoms with E-state index in [0.717, 1.165) is 34.7 Å². The van der Waals surface area contributed by atoms with Crippen LogP contribution >= 0.6 is 34.5 Å². The molecule has 206 valence electrons. The zero-order chi connectivity index (χ0) is 28.5. The van der Waals surface area contributed by atoms with E-state index in [1.54, 1.807) is 18.2 Å². The second-order valence-electron chi connectivity index (χ2n) is 9.94. The van der Waals surface area contributed by atoms with Crippen molar-refractivity contribution in [3.8, 4) is 34.1 Å². The molecule has 3 heterocycles. The van der Waals surface area contributed by atoms with Gasteiger partial charge in [0.15, 0.2) is 5.82 Å². The molecule has 7 nitrogen and oxygen atoms in total. The first-order valence-electron chi connectivity index (χ1n) is 13.1. The molecule has 0 radical (unpaired) electrons. The lowest BCUT2D eigenvalue weighted by molar-refractivity contribution is 0.289. The monoisotopic (exact) mass is 601 g/mol. The fraction of sp³-hybridized carbons (Fsp3) is 0.161. The smallest absolute Gasteiger partial charge is 0.291 e. The third kappa shape index (κ3) is 5.77. The van der Waals surface area contributed by atoms with Gasteiger partial charge < -0.3 is 4.74 Å². The van der Waals surface area contributed by atoms with E-state index in [4.69, 9.17) is 33.0 Å². The quantitative estimate of drug-likeness (QED) is 0.189. The number of fused-ring (bicyclic) bond motifs is 1. The van der Waals surface area contributed by atoms with Gasteiger partial charge in [0.2, 0.25) is 4.96 Å². The molecule has 0 saturated heterocycles. The van der Waals surface area contributed by atoms with Crippen molar-refractivity contribution in [2.75, 3.05) is 6.61 Å². The van der Waals surface area contributed by atoms with Gasteiger partial charge in [-0.05, 0) is 73.0 Å². The van der Waals surface area contributed by atoms with E-state index in [9.17, 15) is 4.79 Å². The molecule has 6 aromatic rings. The molecule has 0 aliphatic carbocycles. The van der Waals surface area contributed by atoms with Crippen molar-refractivity contribution in [2.45, 2.75) is 20.3 Å². The Morgan fingerprint density at radius 1 is 1.00 bits per heavy atom. The highest BCUT2D eigenvalue weighted by Gasteiger charge is 2.16. The molecule has 3 aromatic carbocycles. The van der Waals surface area contributed by atoms with Crippen LogP contribution in [0.4, 0.5) is 0 Å². The molecule has 0 spiro atoms. The van der Waals surface area contributed by atoms with Gasteiger partial charge in [-0.15, -0.1) is 5.10 Å². The predicted octanol–water partition coefficient (Wildman–Crippen LogP) is 6.95. The number of hydrogen-bond donors (Lipinski definition) is 0. The maximum absolute atomic E-state index is 13.4. The minimum absolute atomic E-state index is 0.263. The van der Waals surface area contributed by atoms with E-state index in [-0.39, 0.29) is 5.56 Å². The molecule has 41 heavy (non-hydrogen) atoms. The molecule has 0 N–H and O–H groups in total. The fourth-order valence-electron chi connectivity index (χ4n) is 4.31. The van der Waals surface area contributed by atoms with Gasteiger partial charge >= 0.3 is 0 Å². The van der Waals surface area contributed by atoms with Gasteiger partial charge in [-0.1, -0.05) is 66.6 Å². The Kier molecular flexibility index (Phi) is 7.62. The normalized spacial score (nSPS) is 12.1. The van der Waals surface area contributed by atoms with Crippen LogP contribution in [0.15, 0.2) is 83.8 Å². The van der Waals surface area contributed by atoms with Crippen molar-refractivity contribution in [3.05, 3.63) is 109 Å². The lowest BCUT2D eigenvalue weighted by atomic mass is 10.1. The molecule has 0 unspecified atom stereocenters. The average Bonchev–Trinajstić information content (AvgIpc) is 3.64. The van der Waals surface area contributed by atoms with Crippen molar-refractivity contribution in [3.63, 3.8) is 0 Å². The molecule has 0 amide bonds. The van der Waals surface area contributed by atoms with Gasteiger partial charge in [0.05, 0.1) is 21.8 Å². The number of aromatic nitrogens is 5. The Labute approximate surface area is 250 Å². The minimum Gasteiger partial charge on any atom is -0.494 e. The summed E-state index contributed by atoms with van der Waals surface area (Å²) in [4.78, 5) is 18.4. The number of nitrogens with zero attached hydrogens (tertiary/aromatic N) is 5. The van der Waals surface area contributed by atoms with E-state index in [0.29, 0.717) is 43.5 Å². The molecular formula is C31H25Cl2N5O2S. The van der Waals surface area contributed by atoms with Crippen molar-refractivity contribution in [2.24, 2.45) is 5.92 Å². The first-order chi connectivity index (χ1) is 19.9. The molecule has 0 fully saturated rings. The summed E-state index contributed by atoms with van der Waals surface area (Å²) in [7, 11) is 0. The van der Waals surface area contributed by atoms with Crippen LogP contribution in [-0.2, 0) is 0 Å². The number of benzene rings is 3. The molecule has 3 aromatic heterocycles. The summed E-state index contributed by atoms with van der Waals surface area (Å²) in [5.74, 6) is 1.76. The van der Waals surface area contributed by atoms with Crippen LogP contribution in [0.2, 0.25) is 10.0 Å². The van der Waals surface area contributed by atoms with Gasteiger partial charge in [0.1, 0.15) is 11.4 Å². The number of ether oxygens (including phenoxy) is 1. The molecular weight excluding hydrogens is 577 g/mol. The standard InChI is InChI=1S/C31H25Cl2N5O2S/c1-19(2)14-15-40-24-11-8-20(9-12-24)28-21(18-37(35-28)23-6-4-3-5-7-23)16-27-30(39)38-31(41-27)34-29(36-38)25-13-10-22(32)17-26(25)33/h3-13,16-19H,14-15H2,1-2H3/b27-16-. The largest absolute Gasteiger partial charge is 0.494 e. The first kappa shape index (κ1) is 27.2. The third-order valence-electron chi connectivity index (χ3n) is 6.50. The number of thiazole rings is 1. The maximum Gasteiger partial charge on any atom is 0.291 e. The van der Waals surface area contributed by atoms with Crippen molar-refractivity contribution in [1.29, 1.82) is 0 Å². The van der Waals surface area contributed by atoms with Crippen LogP contribution in [0, 0.1) is 5.92 Å². The lowest BCUT2D eigenvalue weighted by Gasteiger charge is -2.08. The predicted molar refractivity (Wildman–Crippen MR) is 165 cm³/mol. The van der Waals surface area contributed by atoms with Crippen LogP contribution in [-0.4, -0.2) is 31.0 Å². The van der Waals surface area contributed by atoms with Gasteiger partial charge in [-0.25, -0.2) is 4.68 Å². The molecule has 0 bridgehead atoms. The van der Waals surface area contributed by atoms with Crippen molar-refractivity contribution in [1.82, 2.24) is 24.4 Å². The average molecular weight is 603 g/mol.